The van der Waals surface area contributed by atoms with E-state index in [1.54, 1.807) is 19.1 Å². The first-order valence-corrected chi connectivity index (χ1v) is 8.09. The fraction of sp³-hybridized carbons (Fsp3) is 0.105. The Morgan fingerprint density at radius 2 is 1.92 bits per heavy atom. The Bertz CT molecular complexity index is 1020. The molecule has 0 spiro atoms. The zero-order valence-corrected chi connectivity index (χ0v) is 14.0. The summed E-state index contributed by atoms with van der Waals surface area (Å²) in [5.74, 6) is 1.23. The number of carbonyl (C=O) groups excluding carboxylic acids is 1. The van der Waals surface area contributed by atoms with E-state index in [-0.39, 0.29) is 6.03 Å². The highest BCUT2D eigenvalue weighted by Gasteiger charge is 2.09. The monoisotopic (exact) mass is 348 g/mol. The van der Waals surface area contributed by atoms with Crippen LogP contribution in [0.2, 0.25) is 0 Å². The largest absolute Gasteiger partial charge is 0.448 e. The van der Waals surface area contributed by atoms with Gasteiger partial charge < -0.3 is 19.5 Å². The highest BCUT2D eigenvalue weighted by atomic mass is 16.3. The molecule has 0 aliphatic rings. The van der Waals surface area contributed by atoms with Gasteiger partial charge in [-0.05, 0) is 43.3 Å². The molecule has 0 aliphatic heterocycles. The van der Waals surface area contributed by atoms with E-state index < -0.39 is 0 Å². The lowest BCUT2D eigenvalue weighted by atomic mass is 10.2. The molecule has 0 saturated carbocycles. The molecule has 0 aliphatic carbocycles. The Morgan fingerprint density at radius 3 is 2.65 bits per heavy atom. The molecule has 0 bridgehead atoms. The first kappa shape index (κ1) is 15.9. The number of benzene rings is 2. The molecule has 2 amide bonds. The van der Waals surface area contributed by atoms with Crippen molar-refractivity contribution < 1.29 is 13.6 Å². The van der Waals surface area contributed by atoms with E-state index in [0.29, 0.717) is 29.6 Å². The van der Waals surface area contributed by atoms with Crippen LogP contribution in [0.1, 0.15) is 11.5 Å². The first-order valence-electron chi connectivity index (χ1n) is 8.09. The van der Waals surface area contributed by atoms with E-state index >= 15 is 0 Å². The minimum Gasteiger partial charge on any atom is -0.448 e. The van der Waals surface area contributed by atoms with Gasteiger partial charge in [0.15, 0.2) is 12.0 Å². The maximum absolute atomic E-state index is 12.0. The zero-order valence-electron chi connectivity index (χ0n) is 14.0. The summed E-state index contributed by atoms with van der Waals surface area (Å²) < 4.78 is 10.8. The van der Waals surface area contributed by atoms with Gasteiger partial charge in [0.2, 0.25) is 5.89 Å². The lowest BCUT2D eigenvalue weighted by Crippen LogP contribution is -2.28. The van der Waals surface area contributed by atoms with Crippen LogP contribution in [0.3, 0.4) is 0 Å². The SMILES string of the molecule is Cc1ocnc1CNC(=O)Nc1ccc(-c2nc3ccccc3o2)cc1. The summed E-state index contributed by atoms with van der Waals surface area (Å²) in [6, 6.07) is 14.6. The van der Waals surface area contributed by atoms with Crippen molar-refractivity contribution in [1.82, 2.24) is 15.3 Å². The number of fused-ring (bicyclic) bond motifs is 1. The number of hydrogen-bond acceptors (Lipinski definition) is 5. The van der Waals surface area contributed by atoms with Gasteiger partial charge in [-0.3, -0.25) is 0 Å². The van der Waals surface area contributed by atoms with Crippen molar-refractivity contribution >= 4 is 22.8 Å². The highest BCUT2D eigenvalue weighted by Crippen LogP contribution is 2.25. The fourth-order valence-corrected chi connectivity index (χ4v) is 2.53. The van der Waals surface area contributed by atoms with Gasteiger partial charge in [-0.15, -0.1) is 0 Å². The number of nitrogens with one attached hydrogen (secondary N) is 2. The molecule has 2 aromatic heterocycles. The number of carbonyl (C=O) groups is 1. The van der Waals surface area contributed by atoms with Gasteiger partial charge >= 0.3 is 6.03 Å². The third kappa shape index (κ3) is 3.27. The maximum atomic E-state index is 12.0. The minimum atomic E-state index is -0.318. The Morgan fingerprint density at radius 1 is 1.12 bits per heavy atom. The van der Waals surface area contributed by atoms with E-state index in [0.717, 1.165) is 16.7 Å². The molecule has 0 atom stereocenters. The van der Waals surface area contributed by atoms with E-state index in [9.17, 15) is 4.79 Å². The quantitative estimate of drug-likeness (QED) is 0.579. The Labute approximate surface area is 149 Å². The van der Waals surface area contributed by atoms with Gasteiger partial charge in [0, 0.05) is 11.3 Å². The number of hydrogen-bond donors (Lipinski definition) is 2. The van der Waals surface area contributed by atoms with Gasteiger partial charge in [0.25, 0.3) is 0 Å². The summed E-state index contributed by atoms with van der Waals surface area (Å²) in [4.78, 5) is 20.5. The molecule has 2 aromatic carbocycles. The predicted octanol–water partition coefficient (Wildman–Crippen LogP) is 4.11. The van der Waals surface area contributed by atoms with Gasteiger partial charge in [0.05, 0.1) is 6.54 Å². The van der Waals surface area contributed by atoms with Crippen LogP contribution in [-0.4, -0.2) is 16.0 Å². The number of aromatic nitrogens is 2. The van der Waals surface area contributed by atoms with Crippen molar-refractivity contribution in [2.45, 2.75) is 13.5 Å². The molecule has 7 heteroatoms. The molecule has 4 aromatic rings. The maximum Gasteiger partial charge on any atom is 0.319 e. The number of aryl methyl sites for hydroxylation is 1. The van der Waals surface area contributed by atoms with Crippen molar-refractivity contribution in [2.24, 2.45) is 0 Å². The van der Waals surface area contributed by atoms with Crippen molar-refractivity contribution in [3.05, 3.63) is 66.4 Å². The second kappa shape index (κ2) is 6.72. The van der Waals surface area contributed by atoms with E-state index in [4.69, 9.17) is 8.83 Å². The number of anilines is 1. The van der Waals surface area contributed by atoms with Crippen LogP contribution in [-0.2, 0) is 6.54 Å². The molecule has 0 saturated heterocycles. The van der Waals surface area contributed by atoms with Crippen LogP contribution < -0.4 is 10.6 Å². The molecule has 0 radical (unpaired) electrons. The Balaban J connectivity index is 1.41. The lowest BCUT2D eigenvalue weighted by molar-refractivity contribution is 0.251. The summed E-state index contributed by atoms with van der Waals surface area (Å²) in [6.07, 6.45) is 1.36. The first-order chi connectivity index (χ1) is 12.7. The second-order valence-corrected chi connectivity index (χ2v) is 5.73. The van der Waals surface area contributed by atoms with Crippen LogP contribution in [0.5, 0.6) is 0 Å². The molecule has 2 heterocycles. The van der Waals surface area contributed by atoms with Gasteiger partial charge in [-0.1, -0.05) is 12.1 Å². The van der Waals surface area contributed by atoms with E-state index in [1.807, 2.05) is 36.4 Å². The summed E-state index contributed by atoms with van der Waals surface area (Å²) in [5.41, 5.74) is 3.76. The van der Waals surface area contributed by atoms with Crippen LogP contribution in [0.15, 0.2) is 63.8 Å². The predicted molar refractivity (Wildman–Crippen MR) is 96.5 cm³/mol. The summed E-state index contributed by atoms with van der Waals surface area (Å²) in [6.45, 7) is 2.10. The Hall–Kier alpha value is -3.61. The summed E-state index contributed by atoms with van der Waals surface area (Å²) in [7, 11) is 0. The number of rotatable bonds is 4. The summed E-state index contributed by atoms with van der Waals surface area (Å²) >= 11 is 0. The molecule has 0 unspecified atom stereocenters. The Kier molecular flexibility index (Phi) is 4.10. The molecule has 0 fully saturated rings. The minimum absolute atomic E-state index is 0.301. The van der Waals surface area contributed by atoms with Crippen molar-refractivity contribution in [2.75, 3.05) is 5.32 Å². The average Bonchev–Trinajstić information content (AvgIpc) is 3.26. The molecule has 4 rings (SSSR count). The molecule has 130 valence electrons. The summed E-state index contributed by atoms with van der Waals surface area (Å²) in [5, 5.41) is 5.50. The number of amides is 2. The van der Waals surface area contributed by atoms with Crippen LogP contribution >= 0.6 is 0 Å². The average molecular weight is 348 g/mol. The number of nitrogens with zero attached hydrogens (tertiary/aromatic N) is 2. The van der Waals surface area contributed by atoms with Gasteiger partial charge in [-0.25, -0.2) is 14.8 Å². The van der Waals surface area contributed by atoms with Crippen LogP contribution in [0, 0.1) is 6.92 Å². The molecule has 26 heavy (non-hydrogen) atoms. The topological polar surface area (TPSA) is 93.2 Å². The molecule has 7 nitrogen and oxygen atoms in total. The smallest absolute Gasteiger partial charge is 0.319 e. The lowest BCUT2D eigenvalue weighted by Gasteiger charge is -2.07. The van der Waals surface area contributed by atoms with Gasteiger partial charge in [-0.2, -0.15) is 0 Å². The second-order valence-electron chi connectivity index (χ2n) is 5.73. The molecule has 2 N–H and O–H groups in total. The third-order valence-corrected chi connectivity index (χ3v) is 3.94. The number of para-hydroxylation sites is 2. The van der Waals surface area contributed by atoms with Crippen LogP contribution in [0.4, 0.5) is 10.5 Å². The van der Waals surface area contributed by atoms with Crippen molar-refractivity contribution in [3.63, 3.8) is 0 Å². The molecular formula is C19H16N4O3. The van der Waals surface area contributed by atoms with Crippen molar-refractivity contribution in [1.29, 1.82) is 0 Å². The fourth-order valence-electron chi connectivity index (χ4n) is 2.53. The van der Waals surface area contributed by atoms with Crippen LogP contribution in [0.25, 0.3) is 22.6 Å². The zero-order chi connectivity index (χ0) is 17.9. The molecular weight excluding hydrogens is 332 g/mol. The normalized spacial score (nSPS) is 10.8. The third-order valence-electron chi connectivity index (χ3n) is 3.94. The number of urea groups is 1. The standard InChI is InChI=1S/C19H16N4O3/c1-12-16(21-11-25-12)10-20-19(24)22-14-8-6-13(7-9-14)18-23-15-4-2-3-5-17(15)26-18/h2-9,11H,10H2,1H3,(H2,20,22,24). The number of oxazole rings is 2. The van der Waals surface area contributed by atoms with Crippen molar-refractivity contribution in [3.8, 4) is 11.5 Å². The van der Waals surface area contributed by atoms with E-state index in [2.05, 4.69) is 20.6 Å². The van der Waals surface area contributed by atoms with Gasteiger partial charge in [0.1, 0.15) is 17.0 Å². The van der Waals surface area contributed by atoms with E-state index in [1.165, 1.54) is 6.39 Å². The highest BCUT2D eigenvalue weighted by molar-refractivity contribution is 5.89.